The average Bonchev–Trinajstić information content (AvgIpc) is 3.05. The van der Waals surface area contributed by atoms with Gasteiger partial charge in [-0.25, -0.2) is 0 Å². The first-order valence-corrected chi connectivity index (χ1v) is 10.1. The zero-order valence-corrected chi connectivity index (χ0v) is 15.9. The van der Waals surface area contributed by atoms with Crippen molar-refractivity contribution in [2.75, 3.05) is 27.2 Å². The van der Waals surface area contributed by atoms with Gasteiger partial charge in [0.15, 0.2) is 0 Å². The zero-order valence-electron chi connectivity index (χ0n) is 14.3. The summed E-state index contributed by atoms with van der Waals surface area (Å²) in [4.78, 5) is 2.89. The summed E-state index contributed by atoms with van der Waals surface area (Å²) >= 11 is 6.05. The molecule has 0 unspecified atom stereocenters. The van der Waals surface area contributed by atoms with Gasteiger partial charge in [-0.15, -0.1) is 4.85 Å². The summed E-state index contributed by atoms with van der Waals surface area (Å²) in [5.74, 6) is 0.907. The molecule has 1 aromatic heterocycles. The molecule has 0 spiro atoms. The topological polar surface area (TPSA) is 51.0 Å². The van der Waals surface area contributed by atoms with Crippen molar-refractivity contribution in [2.45, 2.75) is 12.8 Å². The summed E-state index contributed by atoms with van der Waals surface area (Å²) in [6.45, 7) is 1.96. The van der Waals surface area contributed by atoms with E-state index in [0.717, 1.165) is 37.4 Å². The number of likely N-dealkylation sites (tertiary alicyclic amines) is 1. The Kier molecular flexibility index (Phi) is 5.07. The molecule has 154 valence electrons. The van der Waals surface area contributed by atoms with E-state index >= 15 is 0 Å². The van der Waals surface area contributed by atoms with Gasteiger partial charge in [-0.05, 0) is 29.7 Å². The summed E-state index contributed by atoms with van der Waals surface area (Å²) in [6, 6.07) is 5.18. The van der Waals surface area contributed by atoms with Gasteiger partial charge < -0.3 is 5.21 Å². The van der Waals surface area contributed by atoms with Crippen LogP contribution in [-0.4, -0.2) is 52.5 Å². The molecule has 0 amide bonds. The number of halogens is 7. The summed E-state index contributed by atoms with van der Waals surface area (Å²) in [5.41, 5.74) is 1.25. The second-order valence-corrected chi connectivity index (χ2v) is 8.51. The molecule has 0 saturated carbocycles. The normalized spacial score (nSPS) is 17.1. The molecule has 1 saturated heterocycles. The fourth-order valence-electron chi connectivity index (χ4n) is 2.68. The molecular weight excluding hydrogens is 423 g/mol. The Morgan fingerprint density at radius 2 is 1.67 bits per heavy atom. The van der Waals surface area contributed by atoms with Crippen LogP contribution in [0.3, 0.4) is 0 Å². The van der Waals surface area contributed by atoms with Crippen molar-refractivity contribution in [1.29, 1.82) is 0 Å². The molecule has 27 heavy (non-hydrogen) atoms. The molecule has 0 bridgehead atoms. The number of rotatable bonds is 0. The van der Waals surface area contributed by atoms with Crippen molar-refractivity contribution in [1.82, 2.24) is 14.8 Å². The Morgan fingerprint density at radius 1 is 1.15 bits per heavy atom. The van der Waals surface area contributed by atoms with Crippen molar-refractivity contribution in [3.05, 3.63) is 28.4 Å². The van der Waals surface area contributed by atoms with E-state index in [0.29, 0.717) is 15.4 Å². The molecular formula is C13H17ClF6N5OP. The molecule has 2 aromatic rings. The predicted molar refractivity (Wildman–Crippen MR) is 90.6 cm³/mol. The molecule has 1 fully saturated rings. The van der Waals surface area contributed by atoms with Crippen LogP contribution in [0.4, 0.5) is 25.2 Å². The van der Waals surface area contributed by atoms with E-state index in [1.54, 1.807) is 22.9 Å². The van der Waals surface area contributed by atoms with Gasteiger partial charge in [0.25, 0.3) is 0 Å². The second kappa shape index (κ2) is 6.37. The van der Waals surface area contributed by atoms with Crippen molar-refractivity contribution in [3.63, 3.8) is 0 Å². The van der Waals surface area contributed by atoms with Crippen molar-refractivity contribution >= 4 is 36.4 Å². The third kappa shape index (κ3) is 6.69. The van der Waals surface area contributed by atoms with Gasteiger partial charge in [0.05, 0.1) is 27.2 Å². The van der Waals surface area contributed by atoms with Gasteiger partial charge in [0.1, 0.15) is 5.21 Å². The molecule has 0 atom stereocenters. The Labute approximate surface area is 155 Å². The van der Waals surface area contributed by atoms with E-state index in [2.05, 4.69) is 10.1 Å². The van der Waals surface area contributed by atoms with E-state index in [9.17, 15) is 30.4 Å². The second-order valence-electron chi connectivity index (χ2n) is 6.15. The van der Waals surface area contributed by atoms with Gasteiger partial charge in [0.2, 0.25) is 11.0 Å². The van der Waals surface area contributed by atoms with Crippen LogP contribution in [0, 0.1) is 5.21 Å². The molecule has 14 heteroatoms. The summed E-state index contributed by atoms with van der Waals surface area (Å²) in [5, 5.41) is 16.6. The number of hydrogen-bond acceptors (Lipinski definition) is 2. The summed E-state index contributed by atoms with van der Waals surface area (Å²) in [7, 11) is -6.74. The fraction of sp³-hybridized carbons (Fsp3) is 0.462. The Hall–Kier alpha value is -1.81. The zero-order chi connectivity index (χ0) is 20.7. The summed E-state index contributed by atoms with van der Waals surface area (Å²) in [6.07, 6.45) is 2.32. The number of nitrogens with zero attached hydrogens (tertiary/aromatic N) is 5. The molecule has 1 aliphatic rings. The third-order valence-electron chi connectivity index (χ3n) is 3.52. The summed E-state index contributed by atoms with van der Waals surface area (Å²) < 4.78 is 62.9. The number of aromatic nitrogens is 3. The van der Waals surface area contributed by atoms with E-state index in [1.165, 1.54) is 0 Å². The molecule has 1 aliphatic heterocycles. The number of benzene rings is 1. The van der Waals surface area contributed by atoms with Gasteiger partial charge in [-0.2, -0.15) is 0 Å². The van der Waals surface area contributed by atoms with Gasteiger partial charge >= 0.3 is 38.9 Å². The van der Waals surface area contributed by atoms with Crippen molar-refractivity contribution < 1.29 is 34.6 Å². The monoisotopic (exact) mass is 439 g/mol. The van der Waals surface area contributed by atoms with E-state index in [-0.39, 0.29) is 0 Å². The molecule has 0 N–H and O–H groups in total. The SMILES string of the molecule is C[N+](C)=C(N1CCCC1)n1n[n+]([O-])c2ccc(Cl)cc21.F[P-](F)(F)(F)(F)F. The van der Waals surface area contributed by atoms with Gasteiger partial charge in [-0.3, -0.25) is 9.48 Å². The van der Waals surface area contributed by atoms with E-state index in [1.807, 2.05) is 18.7 Å². The molecule has 2 heterocycles. The maximum atomic E-state index is 11.9. The molecule has 6 nitrogen and oxygen atoms in total. The van der Waals surface area contributed by atoms with Crippen LogP contribution >= 0.6 is 19.4 Å². The first kappa shape index (κ1) is 21.5. The third-order valence-corrected chi connectivity index (χ3v) is 3.76. The number of hydrogen-bond donors (Lipinski definition) is 0. The van der Waals surface area contributed by atoms with Crippen LogP contribution in [0.5, 0.6) is 0 Å². The standard InChI is InChI=1S/C13H17ClN5O.F6P/c1-16(2)13(17-7-3-4-8-17)18-12-9-10(14)5-6-11(12)19(20)15-18;1-7(2,3,4,5)6/h5-6,9H,3-4,7-8H2,1-2H3;/q+1;-1. The Morgan fingerprint density at radius 3 is 2.15 bits per heavy atom. The molecule has 0 radical (unpaired) electrons. The van der Waals surface area contributed by atoms with Gasteiger partial charge in [0, 0.05) is 11.1 Å². The van der Waals surface area contributed by atoms with Crippen molar-refractivity contribution in [2.24, 2.45) is 0 Å². The number of fused-ring (bicyclic) bond motifs is 1. The molecule has 1 aromatic carbocycles. The van der Waals surface area contributed by atoms with E-state index in [4.69, 9.17) is 11.6 Å². The first-order chi connectivity index (χ1) is 12.0. The fourth-order valence-corrected chi connectivity index (χ4v) is 2.84. The van der Waals surface area contributed by atoms with E-state index < -0.39 is 7.81 Å². The van der Waals surface area contributed by atoms with Crippen LogP contribution in [0.25, 0.3) is 11.0 Å². The van der Waals surface area contributed by atoms with Crippen LogP contribution in [0.15, 0.2) is 18.2 Å². The molecule has 3 rings (SSSR count). The maximum absolute atomic E-state index is 11.9. The first-order valence-electron chi connectivity index (χ1n) is 7.67. The van der Waals surface area contributed by atoms with Crippen LogP contribution in [0.1, 0.15) is 12.8 Å². The van der Waals surface area contributed by atoms with Crippen LogP contribution < -0.4 is 4.85 Å². The van der Waals surface area contributed by atoms with Gasteiger partial charge in [-0.1, -0.05) is 11.6 Å². The predicted octanol–water partition coefficient (Wildman–Crippen LogP) is 4.28. The minimum atomic E-state index is -10.7. The minimum absolute atomic E-state index is 0.521. The quantitative estimate of drug-likeness (QED) is 0.154. The molecule has 0 aliphatic carbocycles. The average molecular weight is 440 g/mol. The van der Waals surface area contributed by atoms with Crippen LogP contribution in [0.2, 0.25) is 5.02 Å². The Bertz CT molecular complexity index is 877. The Balaban J connectivity index is 0.000000321. The van der Waals surface area contributed by atoms with Crippen LogP contribution in [-0.2, 0) is 0 Å². The van der Waals surface area contributed by atoms with Crippen molar-refractivity contribution in [3.8, 4) is 0 Å².